The number of amides is 14. The number of carbonyl (C=O) groups is 15. The third-order valence-electron chi connectivity index (χ3n) is 22.5. The molecule has 1 aliphatic heterocycles. The summed E-state index contributed by atoms with van der Waals surface area (Å²) >= 11 is 1.21. The Kier molecular flexibility index (Phi) is 57.2. The van der Waals surface area contributed by atoms with Gasteiger partial charge in [0.05, 0.1) is 31.2 Å². The Bertz CT molecular complexity index is 3950. The number of unbranched alkanes of at least 4 members (excludes halogenated alkanes) is 15. The number of hydrogen-bond donors (Lipinski definition) is 27. The number of nitrogens with one attached hydrogen (secondary N) is 17. The van der Waals surface area contributed by atoms with Crippen molar-refractivity contribution in [1.29, 1.82) is 10.8 Å². The molecule has 1 aromatic carbocycles. The predicted octanol–water partition coefficient (Wildman–Crippen LogP) is -1.77. The maximum absolute atomic E-state index is 14.8. The van der Waals surface area contributed by atoms with Crippen LogP contribution in [-0.2, 0) is 84.8 Å². The molecule has 1 aliphatic rings. The first-order valence-corrected chi connectivity index (χ1v) is 48.1. The van der Waals surface area contributed by atoms with E-state index >= 15 is 0 Å². The molecule has 44 nitrogen and oxygen atoms in total. The fraction of sp³-hybridized carbons (Fsp3) is 0.705. The van der Waals surface area contributed by atoms with E-state index in [1.165, 1.54) is 105 Å². The molecule has 15 atom stereocenters. The number of aromatic nitrogens is 2. The topological polar surface area (TPSA) is 741 Å². The molecule has 3 rings (SSSR count). The molecular weight excluding hydrogens is 1740 g/mol. The van der Waals surface area contributed by atoms with Gasteiger partial charge in [-0.3, -0.25) is 82.7 Å². The van der Waals surface area contributed by atoms with Crippen molar-refractivity contribution < 1.29 is 92.3 Å². The van der Waals surface area contributed by atoms with Gasteiger partial charge in [0.25, 0.3) is 0 Å². The summed E-state index contributed by atoms with van der Waals surface area (Å²) < 4.78 is 0. The lowest BCUT2D eigenvalue weighted by molar-refractivity contribution is -0.142. The van der Waals surface area contributed by atoms with Crippen LogP contribution in [0.1, 0.15) is 245 Å². The molecule has 750 valence electrons. The molecule has 133 heavy (non-hydrogen) atoms. The Morgan fingerprint density at radius 1 is 0.511 bits per heavy atom. The Morgan fingerprint density at radius 2 is 0.940 bits per heavy atom. The first kappa shape index (κ1) is 116. The number of benzene rings is 1. The summed E-state index contributed by atoms with van der Waals surface area (Å²) in [7, 11) is 0. The maximum Gasteiger partial charge on any atom is 0.305 e. The Labute approximate surface area is 783 Å². The molecule has 45 heteroatoms. The van der Waals surface area contributed by atoms with Crippen molar-refractivity contribution in [2.75, 3.05) is 51.3 Å². The average molecular weight is 1900 g/mol. The summed E-state index contributed by atoms with van der Waals surface area (Å²) in [6.45, 7) is 8.06. The first-order valence-electron chi connectivity index (χ1n) is 46.7. The fourth-order valence-corrected chi connectivity index (χ4v) is 15.6. The summed E-state index contributed by atoms with van der Waals surface area (Å²) in [4.78, 5) is 221. The number of likely N-dealkylation sites (tertiary alicyclic amines) is 1. The summed E-state index contributed by atoms with van der Waals surface area (Å²) in [5.41, 5.74) is 35.0. The number of H-pyrrole nitrogens is 1. The molecule has 0 saturated carbocycles. The number of carboxylic acids is 1. The third-order valence-corrected chi connectivity index (χ3v) is 23.2. The van der Waals surface area contributed by atoms with Crippen LogP contribution in [0.15, 0.2) is 36.8 Å². The summed E-state index contributed by atoms with van der Waals surface area (Å²) in [6.07, 6.45) is 17.9. The Hall–Kier alpha value is -11.0. The van der Waals surface area contributed by atoms with E-state index < -0.39 is 198 Å². The average Bonchev–Trinajstić information content (AvgIpc) is 1.65. The number of guanidine groups is 2. The Morgan fingerprint density at radius 3 is 1.41 bits per heavy atom. The molecule has 0 bridgehead atoms. The number of phenolic OH excluding ortho intramolecular Hbond substituents is 1. The number of nitrogens with two attached hydrogens (primary N) is 6. The number of primary amides is 1. The number of carbonyl (C=O) groups excluding carboxylic acids is 14. The highest BCUT2D eigenvalue weighted by Gasteiger charge is 2.46. The highest BCUT2D eigenvalue weighted by Crippen LogP contribution is 2.26. The molecule has 33 N–H and O–H groups in total. The van der Waals surface area contributed by atoms with Crippen LogP contribution in [0.4, 0.5) is 0 Å². The van der Waals surface area contributed by atoms with Crippen LogP contribution in [-0.4, -0.2) is 278 Å². The van der Waals surface area contributed by atoms with E-state index in [0.29, 0.717) is 49.9 Å². The minimum absolute atomic E-state index is 0.0204. The van der Waals surface area contributed by atoms with E-state index in [1.54, 1.807) is 27.0 Å². The number of aliphatic carboxylic acids is 1. The highest BCUT2D eigenvalue weighted by molar-refractivity contribution is 7.98. The molecule has 2 aromatic rings. The number of aliphatic hydroxyl groups is 2. The molecule has 1 aromatic heterocycles. The lowest BCUT2D eigenvalue weighted by Crippen LogP contribution is -2.62. The van der Waals surface area contributed by atoms with Gasteiger partial charge in [0.2, 0.25) is 82.7 Å². The molecule has 1 unspecified atom stereocenters. The van der Waals surface area contributed by atoms with Crippen molar-refractivity contribution in [3.8, 4) is 5.75 Å². The second-order valence-corrected chi connectivity index (χ2v) is 35.3. The summed E-state index contributed by atoms with van der Waals surface area (Å²) in [5, 5.41) is 94.0. The molecule has 0 radical (unpaired) electrons. The van der Waals surface area contributed by atoms with E-state index in [9.17, 15) is 92.3 Å². The predicted molar refractivity (Wildman–Crippen MR) is 502 cm³/mol. The van der Waals surface area contributed by atoms with Crippen LogP contribution >= 0.6 is 11.8 Å². The van der Waals surface area contributed by atoms with E-state index in [1.807, 2.05) is 0 Å². The van der Waals surface area contributed by atoms with Gasteiger partial charge in [-0.15, -0.1) is 0 Å². The third kappa shape index (κ3) is 46.5. The standard InChI is InChI=1S/C88H153N25O19S/c1-7-8-9-10-11-12-13-14-15-16-17-18-19-33-71(117)101-59(28-20-23-39-89)75(121)102-61(30-22-25-41-91)78(124)110-68-46-54(4)113(86(68)132)70(32-27-43-99-88(95)96)84(130)111-69(51-114)83(129)105-63(38-44-133-6)79(125)112-73(55(5)115)85(131)109-67(49-72(118)119)82(128)103-60(29-21-24-40-90)76(122)108-66(47-56-34-36-58(116)37-35-56)81(127)104-62(31-26-42-98-87(93)94)77(123)107-65(45-53(2)3)80(126)106-64(74(92)120)48-57-50-97-52-100-57/h34-37,50,52-55,59-70,73,114-116H,7-33,38-49,51,89-91H2,1-6H3,(H2,92,120)(H,97,100)(H,101,117)(H,102,121)(H,103,128)(H,104,127)(H,105,129)(H,106,126)(H,107,123)(H,108,122)(H,109,131)(H,110,124)(H,111,130)(H,112,125)(H,118,119)(H4,93,94,98)(H4,95,96,99)/t54?,55-,59+,60+,61+,62+,63+,64+,65+,66+,67+,68-,69+,70+,73+/m1/s1. The van der Waals surface area contributed by atoms with Gasteiger partial charge in [-0.25, -0.2) is 4.98 Å². The highest BCUT2D eigenvalue weighted by atomic mass is 32.2. The number of aliphatic hydroxyl groups excluding tert-OH is 2. The van der Waals surface area contributed by atoms with Crippen molar-refractivity contribution in [2.45, 2.75) is 337 Å². The minimum Gasteiger partial charge on any atom is -0.508 e. The van der Waals surface area contributed by atoms with Crippen molar-refractivity contribution in [1.82, 2.24) is 89.3 Å². The van der Waals surface area contributed by atoms with E-state index in [2.05, 4.69) is 91.3 Å². The number of hydrogen-bond acceptors (Lipinski definition) is 25. The smallest absolute Gasteiger partial charge is 0.305 e. The second kappa shape index (κ2) is 65.6. The number of aromatic hydroxyl groups is 1. The SMILES string of the molecule is CCCCCCCCCCCCCCCC(=O)N[C@@H](CCCCN)C(=O)N[C@@H](CCCCN)C(=O)N[C@@H]1CC(C)N([C@@H](CCCNC(=N)N)C(=O)N[C@@H](CO)C(=O)N[C@@H](CCSC)C(=O)N[C@H](C(=O)N[C@@H](CC(=O)O)C(=O)N[C@@H](CCCCN)C(=O)N[C@@H](Cc2ccc(O)cc2)C(=O)N[C@@H](CCCNC(=N)N)C(=O)N[C@@H](CC(C)C)C(=O)N[C@@H](Cc2c[nH]cn2)C(N)=O)[C@@H](C)O)C1=O. The van der Waals surface area contributed by atoms with E-state index in [-0.39, 0.29) is 146 Å². The van der Waals surface area contributed by atoms with Crippen LogP contribution in [0.2, 0.25) is 0 Å². The molecule has 0 spiro atoms. The fourth-order valence-electron chi connectivity index (χ4n) is 15.2. The Balaban J connectivity index is 1.91. The van der Waals surface area contributed by atoms with E-state index in [0.717, 1.165) is 32.6 Å². The summed E-state index contributed by atoms with van der Waals surface area (Å²) in [5.74, 6) is -15.8. The van der Waals surface area contributed by atoms with Gasteiger partial charge < -0.3 is 139 Å². The zero-order chi connectivity index (χ0) is 98.9. The zero-order valence-corrected chi connectivity index (χ0v) is 79.0. The van der Waals surface area contributed by atoms with Gasteiger partial charge in [-0.1, -0.05) is 110 Å². The molecule has 14 amide bonds. The van der Waals surface area contributed by atoms with Crippen LogP contribution in [0, 0.1) is 16.7 Å². The number of thioether (sulfide) groups is 1. The summed E-state index contributed by atoms with van der Waals surface area (Å²) in [6, 6.07) is -15.3. The van der Waals surface area contributed by atoms with Gasteiger partial charge in [-0.05, 0) is 178 Å². The number of carboxylic acid groups (broad SMARTS) is 1. The van der Waals surface area contributed by atoms with Gasteiger partial charge in [0.1, 0.15) is 84.3 Å². The molecule has 0 aliphatic carbocycles. The molecule has 1 saturated heterocycles. The van der Waals surface area contributed by atoms with Crippen LogP contribution in [0.25, 0.3) is 0 Å². The van der Waals surface area contributed by atoms with Gasteiger partial charge >= 0.3 is 5.97 Å². The van der Waals surface area contributed by atoms with Crippen LogP contribution < -0.4 is 109 Å². The van der Waals surface area contributed by atoms with Crippen LogP contribution in [0.5, 0.6) is 5.75 Å². The van der Waals surface area contributed by atoms with Gasteiger partial charge in [0, 0.05) is 44.6 Å². The second-order valence-electron chi connectivity index (χ2n) is 34.3. The number of phenols is 1. The molecular formula is C88H153N25O19S. The maximum atomic E-state index is 14.8. The normalized spacial score (nSPS) is 15.9. The number of imidazole rings is 1. The quantitative estimate of drug-likeness (QED) is 0.0198. The van der Waals surface area contributed by atoms with Crippen molar-refractivity contribution in [3.63, 3.8) is 0 Å². The lowest BCUT2D eigenvalue weighted by Gasteiger charge is -2.32. The zero-order valence-electron chi connectivity index (χ0n) is 78.2. The first-order chi connectivity index (χ1) is 63.4. The molecule has 1 fully saturated rings. The minimum atomic E-state index is -2.09. The van der Waals surface area contributed by atoms with Crippen LogP contribution in [0.3, 0.4) is 0 Å². The van der Waals surface area contributed by atoms with E-state index in [4.69, 9.17) is 45.2 Å². The number of aromatic amines is 1. The van der Waals surface area contributed by atoms with Crippen molar-refractivity contribution in [2.24, 2.45) is 40.3 Å². The van der Waals surface area contributed by atoms with Gasteiger partial charge in [-0.2, -0.15) is 11.8 Å². The molecule has 2 heterocycles. The number of nitrogens with zero attached hydrogens (tertiary/aromatic N) is 2. The van der Waals surface area contributed by atoms with Crippen molar-refractivity contribution in [3.05, 3.63) is 48.0 Å². The lowest BCUT2D eigenvalue weighted by atomic mass is 10.0. The largest absolute Gasteiger partial charge is 0.508 e. The number of rotatable bonds is 72. The monoisotopic (exact) mass is 1900 g/mol. The van der Waals surface area contributed by atoms with Gasteiger partial charge in [0.15, 0.2) is 11.9 Å². The van der Waals surface area contributed by atoms with Crippen molar-refractivity contribution >= 4 is 112 Å².